The number of hydrogen-bond acceptors (Lipinski definition) is 4. The van der Waals surface area contributed by atoms with Crippen molar-refractivity contribution in [2.45, 2.75) is 6.92 Å². The topological polar surface area (TPSA) is 80.6 Å². The van der Waals surface area contributed by atoms with Crippen molar-refractivity contribution in [1.82, 2.24) is 4.68 Å². The summed E-state index contributed by atoms with van der Waals surface area (Å²) in [6.45, 7) is 1.48. The molecule has 0 saturated carbocycles. The normalized spacial score (nSPS) is 10.7. The average Bonchev–Trinajstić information content (AvgIpc) is 2.54. The lowest BCUT2D eigenvalue weighted by atomic mass is 10.2. The number of pyridine rings is 1. The van der Waals surface area contributed by atoms with Crippen LogP contribution in [0.3, 0.4) is 0 Å². The molecule has 0 aliphatic rings. The number of carbonyl (C=O) groups is 1. The van der Waals surface area contributed by atoms with Gasteiger partial charge in [-0.05, 0) is 25.1 Å². The first-order valence-corrected chi connectivity index (χ1v) is 6.66. The molecule has 0 atom stereocenters. The van der Waals surface area contributed by atoms with Crippen molar-refractivity contribution >= 4 is 12.0 Å². The van der Waals surface area contributed by atoms with Gasteiger partial charge in [0.25, 0.3) is 5.91 Å². The Bertz CT molecular complexity index is 827. The fourth-order valence-electron chi connectivity index (χ4n) is 1.84. The Morgan fingerprint density at radius 3 is 2.78 bits per heavy atom. The van der Waals surface area contributed by atoms with E-state index in [0.717, 1.165) is 12.1 Å². The molecule has 0 fully saturated rings. The van der Waals surface area contributed by atoms with Crippen LogP contribution in [0.1, 0.15) is 11.3 Å². The maximum atomic E-state index is 13.7. The zero-order chi connectivity index (χ0) is 17.0. The quantitative estimate of drug-likeness (QED) is 0.842. The zero-order valence-electron chi connectivity index (χ0n) is 12.5. The first-order valence-electron chi connectivity index (χ1n) is 6.66. The van der Waals surface area contributed by atoms with Crippen LogP contribution >= 0.6 is 0 Å². The maximum absolute atomic E-state index is 13.7. The Balaban J connectivity index is 2.14. The Labute approximate surface area is 131 Å². The number of carbonyl (C=O) groups excluding carboxylic acids is 1. The van der Waals surface area contributed by atoms with Gasteiger partial charge < -0.3 is 9.84 Å². The number of amides is 1. The van der Waals surface area contributed by atoms with E-state index in [0.29, 0.717) is 5.75 Å². The molecule has 0 radical (unpaired) electrons. The van der Waals surface area contributed by atoms with E-state index >= 15 is 0 Å². The number of aromatic hydroxyl groups is 1. The van der Waals surface area contributed by atoms with E-state index in [1.807, 2.05) is 0 Å². The van der Waals surface area contributed by atoms with Gasteiger partial charge in [-0.3, -0.25) is 19.7 Å². The summed E-state index contributed by atoms with van der Waals surface area (Å²) >= 11 is 0. The summed E-state index contributed by atoms with van der Waals surface area (Å²) in [4.78, 5) is 23.1. The van der Waals surface area contributed by atoms with E-state index in [1.165, 1.54) is 43.1 Å². The van der Waals surface area contributed by atoms with Gasteiger partial charge in [-0.1, -0.05) is 0 Å². The number of hydrogen-bond donors (Lipinski definition) is 2. The number of ether oxygens (including phenoxy) is 1. The smallest absolute Gasteiger partial charge is 0.262 e. The molecule has 2 N–H and O–H groups in total. The molecule has 2 aromatic rings. The van der Waals surface area contributed by atoms with Gasteiger partial charge in [-0.2, -0.15) is 0 Å². The van der Waals surface area contributed by atoms with Gasteiger partial charge in [0, 0.05) is 30.0 Å². The lowest BCUT2D eigenvalue weighted by Crippen LogP contribution is -2.24. The van der Waals surface area contributed by atoms with E-state index in [4.69, 9.17) is 4.74 Å². The largest absolute Gasteiger partial charge is 0.503 e. The van der Waals surface area contributed by atoms with Gasteiger partial charge >= 0.3 is 0 Å². The highest BCUT2D eigenvalue weighted by Crippen LogP contribution is 2.17. The summed E-state index contributed by atoms with van der Waals surface area (Å²) < 4.78 is 19.8. The van der Waals surface area contributed by atoms with Crippen molar-refractivity contribution < 1.29 is 19.0 Å². The van der Waals surface area contributed by atoms with Crippen LogP contribution < -0.4 is 15.6 Å². The van der Waals surface area contributed by atoms with Crippen LogP contribution in [0.4, 0.5) is 4.39 Å². The number of halogens is 1. The summed E-state index contributed by atoms with van der Waals surface area (Å²) in [6, 6.07) is 5.38. The minimum Gasteiger partial charge on any atom is -0.503 e. The summed E-state index contributed by atoms with van der Waals surface area (Å²) in [5.41, 5.74) is 2.31. The third kappa shape index (κ3) is 3.76. The monoisotopic (exact) mass is 318 g/mol. The van der Waals surface area contributed by atoms with Gasteiger partial charge in [0.15, 0.2) is 5.75 Å². The Kier molecular flexibility index (Phi) is 4.80. The molecule has 6 nitrogen and oxygen atoms in total. The second kappa shape index (κ2) is 6.78. The maximum Gasteiger partial charge on any atom is 0.262 e. The number of aromatic nitrogens is 1. The second-order valence-electron chi connectivity index (χ2n) is 4.68. The van der Waals surface area contributed by atoms with Crippen LogP contribution in [0, 0.1) is 12.7 Å². The Morgan fingerprint density at radius 1 is 1.39 bits per heavy atom. The SMILES string of the molecule is COc1ccc(/C=C/C(=O)Nn2ccc(=O)c(O)c2C)c(F)c1. The molecule has 1 amide bonds. The summed E-state index contributed by atoms with van der Waals surface area (Å²) in [5.74, 6) is -1.14. The molecular formula is C16H15FN2O4. The molecule has 0 aliphatic heterocycles. The van der Waals surface area contributed by atoms with Crippen LogP contribution in [0.15, 0.2) is 41.3 Å². The lowest BCUT2D eigenvalue weighted by molar-refractivity contribution is -0.112. The van der Waals surface area contributed by atoms with Crippen LogP contribution in [-0.4, -0.2) is 22.8 Å². The molecule has 0 bridgehead atoms. The van der Waals surface area contributed by atoms with Gasteiger partial charge in [-0.25, -0.2) is 4.39 Å². The first kappa shape index (κ1) is 16.3. The van der Waals surface area contributed by atoms with E-state index in [-0.39, 0.29) is 11.3 Å². The lowest BCUT2D eigenvalue weighted by Gasteiger charge is -2.11. The molecule has 2 rings (SSSR count). The molecule has 1 heterocycles. The van der Waals surface area contributed by atoms with Gasteiger partial charge in [-0.15, -0.1) is 0 Å². The van der Waals surface area contributed by atoms with Crippen LogP contribution in [0.25, 0.3) is 6.08 Å². The van der Waals surface area contributed by atoms with E-state index < -0.39 is 22.9 Å². The third-order valence-electron chi connectivity index (χ3n) is 3.16. The predicted octanol–water partition coefficient (Wildman–Crippen LogP) is 1.79. The average molecular weight is 318 g/mol. The van der Waals surface area contributed by atoms with E-state index in [1.54, 1.807) is 6.07 Å². The number of rotatable bonds is 4. The third-order valence-corrected chi connectivity index (χ3v) is 3.16. The summed E-state index contributed by atoms with van der Waals surface area (Å²) in [5, 5.41) is 9.53. The van der Waals surface area contributed by atoms with Crippen molar-refractivity contribution in [3.63, 3.8) is 0 Å². The number of nitrogens with zero attached hydrogens (tertiary/aromatic N) is 1. The highest BCUT2D eigenvalue weighted by atomic mass is 19.1. The molecule has 0 unspecified atom stereocenters. The number of nitrogens with one attached hydrogen (secondary N) is 1. The Morgan fingerprint density at radius 2 is 2.13 bits per heavy atom. The highest BCUT2D eigenvalue weighted by molar-refractivity contribution is 5.97. The van der Waals surface area contributed by atoms with Crippen molar-refractivity contribution in [2.24, 2.45) is 0 Å². The highest BCUT2D eigenvalue weighted by Gasteiger charge is 2.07. The van der Waals surface area contributed by atoms with Crippen molar-refractivity contribution in [1.29, 1.82) is 0 Å². The molecule has 0 spiro atoms. The summed E-state index contributed by atoms with van der Waals surface area (Å²) in [7, 11) is 1.43. The fourth-order valence-corrected chi connectivity index (χ4v) is 1.84. The molecule has 23 heavy (non-hydrogen) atoms. The van der Waals surface area contributed by atoms with Crippen molar-refractivity contribution in [3.8, 4) is 11.5 Å². The summed E-state index contributed by atoms with van der Waals surface area (Å²) in [6.07, 6.45) is 3.76. The molecule has 0 saturated heterocycles. The van der Waals surface area contributed by atoms with Gasteiger partial charge in [0.1, 0.15) is 11.6 Å². The van der Waals surface area contributed by atoms with Gasteiger partial charge in [0.2, 0.25) is 5.43 Å². The molecule has 1 aromatic heterocycles. The van der Waals surface area contributed by atoms with E-state index in [2.05, 4.69) is 5.43 Å². The van der Waals surface area contributed by atoms with E-state index in [9.17, 15) is 19.1 Å². The van der Waals surface area contributed by atoms with Gasteiger partial charge in [0.05, 0.1) is 12.8 Å². The molecular weight excluding hydrogens is 303 g/mol. The number of benzene rings is 1. The molecule has 120 valence electrons. The van der Waals surface area contributed by atoms with Crippen LogP contribution in [0.2, 0.25) is 0 Å². The van der Waals surface area contributed by atoms with Crippen LogP contribution in [-0.2, 0) is 4.79 Å². The van der Waals surface area contributed by atoms with Crippen LogP contribution in [0.5, 0.6) is 11.5 Å². The zero-order valence-corrected chi connectivity index (χ0v) is 12.5. The van der Waals surface area contributed by atoms with Crippen molar-refractivity contribution in [2.75, 3.05) is 12.5 Å². The molecule has 1 aromatic carbocycles. The fraction of sp³-hybridized carbons (Fsp3) is 0.125. The predicted molar refractivity (Wildman–Crippen MR) is 83.5 cm³/mol. The molecule has 7 heteroatoms. The standard InChI is InChI=1S/C16H15FN2O4/c1-10-16(22)14(20)7-8-19(10)18-15(21)6-4-11-3-5-12(23-2)9-13(11)17/h3-9,22H,1-2H3,(H,18,21)/b6-4+. The minimum absolute atomic E-state index is 0.190. The first-order chi connectivity index (χ1) is 10.9. The second-order valence-corrected chi connectivity index (χ2v) is 4.68. The minimum atomic E-state index is -0.550. The number of methoxy groups -OCH3 is 1. The molecule has 0 aliphatic carbocycles. The Hall–Kier alpha value is -3.09. The van der Waals surface area contributed by atoms with Crippen molar-refractivity contribution in [3.05, 3.63) is 63.8 Å².